The lowest BCUT2D eigenvalue weighted by molar-refractivity contribution is -0.121. The Morgan fingerprint density at radius 2 is 1.89 bits per heavy atom. The Balaban J connectivity index is 1.61. The van der Waals surface area contributed by atoms with Gasteiger partial charge in [0.2, 0.25) is 5.91 Å². The summed E-state index contributed by atoms with van der Waals surface area (Å²) in [5.41, 5.74) is 2.79. The predicted molar refractivity (Wildman–Crippen MR) is 113 cm³/mol. The highest BCUT2D eigenvalue weighted by molar-refractivity contribution is 5.82. The standard InChI is InChI=1S/C23H32N2O3/c1-16-8-9-18-17(2)19(22(27)28-20(18)14-16)10-11-21(26)24-15-23(3,4)25-12-6-5-7-13-25/h8-9,14H,5-7,10-13,15H2,1-4H3,(H,24,26). The second-order valence-electron chi connectivity index (χ2n) is 8.63. The summed E-state index contributed by atoms with van der Waals surface area (Å²) in [6.07, 6.45) is 4.45. The monoisotopic (exact) mass is 384 g/mol. The first-order chi connectivity index (χ1) is 13.3. The van der Waals surface area contributed by atoms with Gasteiger partial charge in [-0.25, -0.2) is 4.79 Å². The zero-order chi connectivity index (χ0) is 20.3. The first-order valence-electron chi connectivity index (χ1n) is 10.3. The van der Waals surface area contributed by atoms with Gasteiger partial charge >= 0.3 is 5.63 Å². The zero-order valence-electron chi connectivity index (χ0n) is 17.6. The van der Waals surface area contributed by atoms with Gasteiger partial charge in [-0.15, -0.1) is 0 Å². The van der Waals surface area contributed by atoms with Gasteiger partial charge in [0.05, 0.1) is 0 Å². The molecule has 1 N–H and O–H groups in total. The lowest BCUT2D eigenvalue weighted by Gasteiger charge is -2.41. The third kappa shape index (κ3) is 4.64. The summed E-state index contributed by atoms with van der Waals surface area (Å²) in [5, 5.41) is 4.00. The molecule has 2 heterocycles. The number of hydrogen-bond acceptors (Lipinski definition) is 4. The molecule has 0 spiro atoms. The Bertz CT molecular complexity index is 908. The maximum atomic E-state index is 12.4. The number of benzene rings is 1. The number of piperidine rings is 1. The van der Waals surface area contributed by atoms with Gasteiger partial charge in [-0.05, 0) is 77.2 Å². The van der Waals surface area contributed by atoms with E-state index in [1.54, 1.807) is 0 Å². The van der Waals surface area contributed by atoms with Crippen molar-refractivity contribution in [3.8, 4) is 0 Å². The lowest BCUT2D eigenvalue weighted by Crippen LogP contribution is -2.53. The molecule has 0 unspecified atom stereocenters. The van der Waals surface area contributed by atoms with Crippen LogP contribution in [0.2, 0.25) is 0 Å². The van der Waals surface area contributed by atoms with E-state index in [0.29, 0.717) is 30.5 Å². The lowest BCUT2D eigenvalue weighted by atomic mass is 9.98. The summed E-state index contributed by atoms with van der Waals surface area (Å²) in [7, 11) is 0. The third-order valence-electron chi connectivity index (χ3n) is 5.98. The number of likely N-dealkylation sites (tertiary alicyclic amines) is 1. The van der Waals surface area contributed by atoms with Crippen LogP contribution in [0.4, 0.5) is 0 Å². The van der Waals surface area contributed by atoms with Crippen molar-refractivity contribution in [2.24, 2.45) is 0 Å². The van der Waals surface area contributed by atoms with Crippen molar-refractivity contribution in [1.82, 2.24) is 10.2 Å². The minimum atomic E-state index is -0.336. The Hall–Kier alpha value is -2.14. The summed E-state index contributed by atoms with van der Waals surface area (Å²) >= 11 is 0. The second-order valence-corrected chi connectivity index (χ2v) is 8.63. The number of fused-ring (bicyclic) bond motifs is 1. The molecule has 0 radical (unpaired) electrons. The van der Waals surface area contributed by atoms with Crippen molar-refractivity contribution in [3.05, 3.63) is 45.3 Å². The van der Waals surface area contributed by atoms with E-state index in [2.05, 4.69) is 24.1 Å². The van der Waals surface area contributed by atoms with Crippen LogP contribution < -0.4 is 10.9 Å². The third-order valence-corrected chi connectivity index (χ3v) is 5.98. The molecular weight excluding hydrogens is 352 g/mol. The molecule has 0 aliphatic carbocycles. The van der Waals surface area contributed by atoms with Gasteiger partial charge in [-0.1, -0.05) is 18.6 Å². The van der Waals surface area contributed by atoms with Gasteiger partial charge in [-0.3, -0.25) is 9.69 Å². The van der Waals surface area contributed by atoms with E-state index < -0.39 is 0 Å². The van der Waals surface area contributed by atoms with E-state index >= 15 is 0 Å². The fourth-order valence-corrected chi connectivity index (χ4v) is 4.04. The van der Waals surface area contributed by atoms with Crippen LogP contribution in [0.15, 0.2) is 27.4 Å². The molecule has 1 aromatic carbocycles. The van der Waals surface area contributed by atoms with Crippen LogP contribution in [-0.4, -0.2) is 36.0 Å². The highest BCUT2D eigenvalue weighted by Crippen LogP contribution is 2.22. The molecule has 1 fully saturated rings. The molecule has 1 saturated heterocycles. The Morgan fingerprint density at radius 1 is 1.18 bits per heavy atom. The fraction of sp³-hybridized carbons (Fsp3) is 0.565. The predicted octanol–water partition coefficient (Wildman–Crippen LogP) is 3.72. The summed E-state index contributed by atoms with van der Waals surface area (Å²) in [5.74, 6) is -0.0205. The molecule has 28 heavy (non-hydrogen) atoms. The van der Waals surface area contributed by atoms with Crippen molar-refractivity contribution < 1.29 is 9.21 Å². The van der Waals surface area contributed by atoms with Crippen molar-refractivity contribution in [1.29, 1.82) is 0 Å². The minimum Gasteiger partial charge on any atom is -0.423 e. The maximum Gasteiger partial charge on any atom is 0.339 e. The van der Waals surface area contributed by atoms with E-state index in [1.165, 1.54) is 19.3 Å². The normalized spacial score (nSPS) is 15.7. The molecule has 5 heteroatoms. The Kier molecular flexibility index (Phi) is 6.23. The van der Waals surface area contributed by atoms with Crippen LogP contribution in [-0.2, 0) is 11.2 Å². The highest BCUT2D eigenvalue weighted by Gasteiger charge is 2.28. The summed E-state index contributed by atoms with van der Waals surface area (Å²) in [4.78, 5) is 27.3. The van der Waals surface area contributed by atoms with E-state index in [4.69, 9.17) is 4.42 Å². The van der Waals surface area contributed by atoms with Crippen LogP contribution >= 0.6 is 0 Å². The molecule has 2 aromatic rings. The maximum absolute atomic E-state index is 12.4. The molecule has 152 valence electrons. The van der Waals surface area contributed by atoms with Gasteiger partial charge < -0.3 is 9.73 Å². The van der Waals surface area contributed by atoms with Crippen LogP contribution in [0.25, 0.3) is 11.0 Å². The molecule has 0 atom stereocenters. The molecule has 1 aromatic heterocycles. The molecule has 1 aliphatic rings. The summed E-state index contributed by atoms with van der Waals surface area (Å²) in [6, 6.07) is 5.87. The van der Waals surface area contributed by atoms with Crippen molar-refractivity contribution in [3.63, 3.8) is 0 Å². The summed E-state index contributed by atoms with van der Waals surface area (Å²) < 4.78 is 5.49. The quantitative estimate of drug-likeness (QED) is 0.771. The van der Waals surface area contributed by atoms with Crippen LogP contribution in [0.5, 0.6) is 0 Å². The highest BCUT2D eigenvalue weighted by atomic mass is 16.4. The van der Waals surface area contributed by atoms with Crippen molar-refractivity contribution >= 4 is 16.9 Å². The molecule has 1 aliphatic heterocycles. The molecule has 1 amide bonds. The van der Waals surface area contributed by atoms with Crippen LogP contribution in [0, 0.1) is 13.8 Å². The molecule has 0 bridgehead atoms. The van der Waals surface area contributed by atoms with Gasteiger partial charge in [0, 0.05) is 29.5 Å². The Labute approximate surface area is 167 Å². The largest absolute Gasteiger partial charge is 0.423 e. The number of hydrogen-bond donors (Lipinski definition) is 1. The summed E-state index contributed by atoms with van der Waals surface area (Å²) in [6.45, 7) is 11.1. The fourth-order valence-electron chi connectivity index (χ4n) is 4.04. The number of carbonyl (C=O) groups is 1. The van der Waals surface area contributed by atoms with E-state index in [0.717, 1.165) is 29.6 Å². The second kappa shape index (κ2) is 8.48. The van der Waals surface area contributed by atoms with E-state index in [1.807, 2.05) is 32.0 Å². The number of nitrogens with one attached hydrogen (secondary N) is 1. The van der Waals surface area contributed by atoms with Crippen molar-refractivity contribution in [2.75, 3.05) is 19.6 Å². The molecule has 5 nitrogen and oxygen atoms in total. The smallest absolute Gasteiger partial charge is 0.339 e. The van der Waals surface area contributed by atoms with E-state index in [-0.39, 0.29) is 17.1 Å². The Morgan fingerprint density at radius 3 is 2.61 bits per heavy atom. The van der Waals surface area contributed by atoms with Crippen LogP contribution in [0.3, 0.4) is 0 Å². The number of rotatable bonds is 6. The SMILES string of the molecule is Cc1ccc2c(C)c(CCC(=O)NCC(C)(C)N3CCCCC3)c(=O)oc2c1. The van der Waals surface area contributed by atoms with Crippen LogP contribution in [0.1, 0.15) is 56.2 Å². The van der Waals surface area contributed by atoms with Crippen molar-refractivity contribution in [2.45, 2.75) is 65.3 Å². The topological polar surface area (TPSA) is 62.6 Å². The van der Waals surface area contributed by atoms with E-state index in [9.17, 15) is 9.59 Å². The minimum absolute atomic E-state index is 0.0205. The van der Waals surface area contributed by atoms with Gasteiger partial charge in [0.15, 0.2) is 0 Å². The average Bonchev–Trinajstić information content (AvgIpc) is 2.66. The molecular formula is C23H32N2O3. The van der Waals surface area contributed by atoms with Gasteiger partial charge in [-0.2, -0.15) is 0 Å². The number of amides is 1. The number of nitrogens with zero attached hydrogens (tertiary/aromatic N) is 1. The number of aryl methyl sites for hydroxylation is 2. The first kappa shape index (κ1) is 20.6. The number of carbonyl (C=O) groups excluding carboxylic acids is 1. The molecule has 0 saturated carbocycles. The zero-order valence-corrected chi connectivity index (χ0v) is 17.6. The van der Waals surface area contributed by atoms with Gasteiger partial charge in [0.25, 0.3) is 0 Å². The average molecular weight is 385 g/mol. The van der Waals surface area contributed by atoms with Gasteiger partial charge in [0.1, 0.15) is 5.58 Å². The first-order valence-corrected chi connectivity index (χ1v) is 10.3. The molecule has 3 rings (SSSR count).